The van der Waals surface area contributed by atoms with E-state index in [-0.39, 0.29) is 11.5 Å². The van der Waals surface area contributed by atoms with Crippen molar-refractivity contribution in [2.45, 2.75) is 0 Å². The van der Waals surface area contributed by atoms with Crippen molar-refractivity contribution in [2.75, 3.05) is 0 Å². The van der Waals surface area contributed by atoms with Gasteiger partial charge >= 0.3 is 5.82 Å². The lowest BCUT2D eigenvalue weighted by Crippen LogP contribution is -2.29. The van der Waals surface area contributed by atoms with Crippen LogP contribution in [0.15, 0.2) is 54.7 Å². The zero-order valence-electron chi connectivity index (χ0n) is 10.3. The predicted octanol–water partition coefficient (Wildman–Crippen LogP) is 2.44. The molecule has 3 rings (SSSR count). The van der Waals surface area contributed by atoms with Crippen LogP contribution in [0.4, 0.5) is 5.69 Å². The number of para-hydroxylation sites is 1. The van der Waals surface area contributed by atoms with Crippen LogP contribution in [0.2, 0.25) is 0 Å². The van der Waals surface area contributed by atoms with Crippen LogP contribution in [-0.4, -0.2) is 9.91 Å². The van der Waals surface area contributed by atoms with Gasteiger partial charge in [-0.1, -0.05) is 12.1 Å². The van der Waals surface area contributed by atoms with Gasteiger partial charge in [-0.2, -0.15) is 0 Å². The summed E-state index contributed by atoms with van der Waals surface area (Å²) in [7, 11) is 0. The normalized spacial score (nSPS) is 10.6. The Morgan fingerprint density at radius 1 is 1.05 bits per heavy atom. The Balaban J connectivity index is 2.13. The van der Waals surface area contributed by atoms with Gasteiger partial charge in [0.1, 0.15) is 6.20 Å². The van der Waals surface area contributed by atoms with Crippen molar-refractivity contribution in [1.82, 2.24) is 4.98 Å². The third kappa shape index (κ3) is 2.03. The van der Waals surface area contributed by atoms with Crippen LogP contribution in [0.5, 0.6) is 0 Å². The number of nitro groups is 1. The second-order valence-electron chi connectivity index (χ2n) is 4.25. The quantitative estimate of drug-likeness (QED) is 0.309. The molecule has 6 heteroatoms. The second-order valence-corrected chi connectivity index (χ2v) is 4.25. The van der Waals surface area contributed by atoms with E-state index in [0.29, 0.717) is 15.8 Å². The molecule has 0 aliphatic carbocycles. The lowest BCUT2D eigenvalue weighted by Gasteiger charge is -2.06. The third-order valence-corrected chi connectivity index (χ3v) is 2.96. The summed E-state index contributed by atoms with van der Waals surface area (Å²) >= 11 is 0. The Labute approximate surface area is 113 Å². The van der Waals surface area contributed by atoms with Crippen molar-refractivity contribution < 1.29 is 9.65 Å². The van der Waals surface area contributed by atoms with Crippen LogP contribution in [0, 0.1) is 15.3 Å². The number of rotatable bonds is 2. The lowest BCUT2D eigenvalue weighted by atomic mass is 10.2. The van der Waals surface area contributed by atoms with Crippen LogP contribution in [0.1, 0.15) is 0 Å². The van der Waals surface area contributed by atoms with E-state index in [2.05, 4.69) is 4.98 Å². The van der Waals surface area contributed by atoms with Crippen LogP contribution in [0.3, 0.4) is 0 Å². The number of fused-ring (bicyclic) bond motifs is 1. The highest BCUT2D eigenvalue weighted by molar-refractivity contribution is 5.78. The SMILES string of the molecule is O=[N+]([O-])c1ccc(-c2nc3ccccc3c[n+]2[O-])cc1. The zero-order valence-corrected chi connectivity index (χ0v) is 10.3. The highest BCUT2D eigenvalue weighted by Crippen LogP contribution is 2.20. The van der Waals surface area contributed by atoms with Crippen LogP contribution < -0.4 is 4.73 Å². The molecule has 2 aromatic carbocycles. The maximum Gasteiger partial charge on any atom is 0.333 e. The first-order valence-electron chi connectivity index (χ1n) is 5.89. The molecule has 0 unspecified atom stereocenters. The molecule has 0 aliphatic heterocycles. The van der Waals surface area contributed by atoms with E-state index in [1.165, 1.54) is 30.5 Å². The van der Waals surface area contributed by atoms with Crippen molar-refractivity contribution in [3.63, 3.8) is 0 Å². The van der Waals surface area contributed by atoms with E-state index < -0.39 is 4.92 Å². The summed E-state index contributed by atoms with van der Waals surface area (Å²) in [5, 5.41) is 23.3. The Morgan fingerprint density at radius 2 is 1.75 bits per heavy atom. The Bertz CT molecular complexity index is 800. The van der Waals surface area contributed by atoms with Gasteiger partial charge in [0.15, 0.2) is 5.52 Å². The molecule has 20 heavy (non-hydrogen) atoms. The molecule has 0 N–H and O–H groups in total. The van der Waals surface area contributed by atoms with Crippen molar-refractivity contribution in [3.8, 4) is 11.4 Å². The van der Waals surface area contributed by atoms with Gasteiger partial charge < -0.3 is 5.21 Å². The summed E-state index contributed by atoms with van der Waals surface area (Å²) in [4.78, 5) is 14.4. The van der Waals surface area contributed by atoms with Gasteiger partial charge in [-0.25, -0.2) is 4.73 Å². The second kappa shape index (κ2) is 4.58. The fraction of sp³-hybridized carbons (Fsp3) is 0. The monoisotopic (exact) mass is 267 g/mol. The van der Waals surface area contributed by atoms with Gasteiger partial charge in [0.25, 0.3) is 5.69 Å². The van der Waals surface area contributed by atoms with Crippen LogP contribution in [-0.2, 0) is 0 Å². The minimum absolute atomic E-state index is 0.0213. The molecule has 6 nitrogen and oxygen atoms in total. The van der Waals surface area contributed by atoms with Crippen molar-refractivity contribution in [3.05, 3.63) is 70.0 Å². The van der Waals surface area contributed by atoms with E-state index >= 15 is 0 Å². The van der Waals surface area contributed by atoms with Gasteiger partial charge in [-0.3, -0.25) is 10.1 Å². The first-order chi connectivity index (χ1) is 9.65. The van der Waals surface area contributed by atoms with Gasteiger partial charge in [0, 0.05) is 12.1 Å². The zero-order chi connectivity index (χ0) is 14.1. The number of benzene rings is 2. The summed E-state index contributed by atoms with van der Waals surface area (Å²) in [6, 6.07) is 13.0. The van der Waals surface area contributed by atoms with Gasteiger partial charge in [0.05, 0.1) is 15.9 Å². The maximum absolute atomic E-state index is 12.0. The molecule has 98 valence electrons. The molecule has 3 aromatic rings. The highest BCUT2D eigenvalue weighted by atomic mass is 16.6. The molecule has 0 saturated carbocycles. The van der Waals surface area contributed by atoms with E-state index in [1.807, 2.05) is 18.2 Å². The highest BCUT2D eigenvalue weighted by Gasteiger charge is 2.15. The number of aromatic nitrogens is 2. The molecule has 0 aliphatic rings. The van der Waals surface area contributed by atoms with Gasteiger partial charge in [-0.15, -0.1) is 0 Å². The minimum atomic E-state index is -0.483. The van der Waals surface area contributed by atoms with E-state index in [0.717, 1.165) is 5.39 Å². The number of hydrogen-bond donors (Lipinski definition) is 0. The number of nitrogens with zero attached hydrogens (tertiary/aromatic N) is 3. The summed E-state index contributed by atoms with van der Waals surface area (Å²) in [6.07, 6.45) is 1.44. The van der Waals surface area contributed by atoms with Crippen LogP contribution >= 0.6 is 0 Å². The average molecular weight is 267 g/mol. The van der Waals surface area contributed by atoms with E-state index in [4.69, 9.17) is 0 Å². The van der Waals surface area contributed by atoms with Gasteiger partial charge in [0.2, 0.25) is 0 Å². The van der Waals surface area contributed by atoms with Gasteiger partial charge in [-0.05, 0) is 29.2 Å². The Kier molecular flexibility index (Phi) is 2.76. The molecule has 0 fully saturated rings. The summed E-state index contributed by atoms with van der Waals surface area (Å²) in [5.41, 5.74) is 1.22. The van der Waals surface area contributed by atoms with Crippen molar-refractivity contribution in [2.24, 2.45) is 0 Å². The molecular weight excluding hydrogens is 258 g/mol. The molecule has 0 atom stereocenters. The summed E-state index contributed by atoms with van der Waals surface area (Å²) in [6.45, 7) is 0. The smallest absolute Gasteiger partial charge is 0.333 e. The van der Waals surface area contributed by atoms with Crippen molar-refractivity contribution in [1.29, 1.82) is 0 Å². The largest absolute Gasteiger partial charge is 0.710 e. The lowest BCUT2D eigenvalue weighted by molar-refractivity contribution is -0.595. The average Bonchev–Trinajstić information content (AvgIpc) is 2.46. The maximum atomic E-state index is 12.0. The Morgan fingerprint density at radius 3 is 2.45 bits per heavy atom. The van der Waals surface area contributed by atoms with E-state index in [9.17, 15) is 15.3 Å². The third-order valence-electron chi connectivity index (χ3n) is 2.96. The van der Waals surface area contributed by atoms with E-state index in [1.54, 1.807) is 6.07 Å². The fourth-order valence-corrected chi connectivity index (χ4v) is 1.97. The molecule has 0 amide bonds. The fourth-order valence-electron chi connectivity index (χ4n) is 1.97. The Hall–Kier alpha value is -3.02. The summed E-state index contributed by atoms with van der Waals surface area (Å²) in [5.74, 6) is 0.221. The number of hydrogen-bond acceptors (Lipinski definition) is 4. The first-order valence-corrected chi connectivity index (χ1v) is 5.89. The number of non-ortho nitro benzene ring substituents is 1. The molecule has 1 heterocycles. The molecule has 0 radical (unpaired) electrons. The molecule has 0 saturated heterocycles. The molecule has 0 spiro atoms. The molecule has 1 aromatic heterocycles. The minimum Gasteiger partial charge on any atom is -0.710 e. The number of nitro benzene ring substituents is 1. The predicted molar refractivity (Wildman–Crippen MR) is 72.8 cm³/mol. The van der Waals surface area contributed by atoms with Crippen LogP contribution in [0.25, 0.3) is 22.3 Å². The standard InChI is InChI=1S/C14H9N3O3/c18-16-9-11-3-1-2-4-13(11)15-14(16)10-5-7-12(8-6-10)17(19)20/h1-9H. The van der Waals surface area contributed by atoms with Crippen molar-refractivity contribution >= 4 is 16.6 Å². The first kappa shape index (κ1) is 12.0. The topological polar surface area (TPSA) is 83.0 Å². The molecule has 0 bridgehead atoms. The molecular formula is C14H9N3O3. The summed E-state index contributed by atoms with van der Waals surface area (Å²) < 4.78 is 0.670.